The van der Waals surface area contributed by atoms with E-state index in [1.807, 2.05) is 0 Å². The van der Waals surface area contributed by atoms with Gasteiger partial charge in [-0.1, -0.05) is 6.92 Å². The molecule has 1 unspecified atom stereocenters. The van der Waals surface area contributed by atoms with Crippen LogP contribution in [-0.2, 0) is 4.79 Å². The van der Waals surface area contributed by atoms with Gasteiger partial charge in [-0.05, 0) is 6.92 Å². The van der Waals surface area contributed by atoms with Crippen molar-refractivity contribution in [1.82, 2.24) is 4.90 Å². The van der Waals surface area contributed by atoms with E-state index in [1.165, 1.54) is 6.92 Å². The minimum Gasteiger partial charge on any atom is -0.395 e. The quantitative estimate of drug-likeness (QED) is 0.741. The highest BCUT2D eigenvalue weighted by atomic mass is 19.4. The zero-order chi connectivity index (χ0) is 12.1. The Morgan fingerprint density at radius 3 is 2.33 bits per heavy atom. The molecule has 90 valence electrons. The van der Waals surface area contributed by atoms with E-state index in [4.69, 9.17) is 5.11 Å². The maximum atomic E-state index is 12.1. The van der Waals surface area contributed by atoms with Crippen LogP contribution in [0.3, 0.4) is 0 Å². The van der Waals surface area contributed by atoms with Crippen LogP contribution in [0.4, 0.5) is 13.2 Å². The molecule has 0 rings (SSSR count). The van der Waals surface area contributed by atoms with Gasteiger partial charge in [0, 0.05) is 13.0 Å². The number of carbonyl (C=O) groups is 1. The molecule has 0 aliphatic carbocycles. The molecule has 0 amide bonds. The number of ketones is 1. The third-order valence-electron chi connectivity index (χ3n) is 2.13. The Labute approximate surface area is 86.9 Å². The minimum absolute atomic E-state index is 0.146. The summed E-state index contributed by atoms with van der Waals surface area (Å²) >= 11 is 0. The van der Waals surface area contributed by atoms with E-state index in [9.17, 15) is 18.0 Å². The van der Waals surface area contributed by atoms with Gasteiger partial charge in [0.05, 0.1) is 19.2 Å². The van der Waals surface area contributed by atoms with E-state index in [0.29, 0.717) is 0 Å². The SMILES string of the molecule is CCC(=O)C(C)N(CCO)CC(F)(F)F. The first-order valence-corrected chi connectivity index (χ1v) is 4.76. The Kier molecular flexibility index (Phi) is 5.82. The van der Waals surface area contributed by atoms with Crippen molar-refractivity contribution in [1.29, 1.82) is 0 Å². The highest BCUT2D eigenvalue weighted by Gasteiger charge is 2.33. The van der Waals surface area contributed by atoms with Gasteiger partial charge < -0.3 is 5.11 Å². The summed E-state index contributed by atoms with van der Waals surface area (Å²) in [4.78, 5) is 12.2. The molecule has 3 nitrogen and oxygen atoms in total. The predicted molar refractivity (Wildman–Crippen MR) is 49.5 cm³/mol. The molecule has 0 aromatic heterocycles. The summed E-state index contributed by atoms with van der Waals surface area (Å²) in [5.74, 6) is -0.257. The number of halogens is 3. The average Bonchev–Trinajstić information content (AvgIpc) is 2.13. The molecule has 0 aromatic carbocycles. The second-order valence-electron chi connectivity index (χ2n) is 3.31. The summed E-state index contributed by atoms with van der Waals surface area (Å²) in [5, 5.41) is 8.62. The summed E-state index contributed by atoms with van der Waals surface area (Å²) in [6, 6.07) is -0.802. The lowest BCUT2D eigenvalue weighted by Gasteiger charge is -2.27. The normalized spacial score (nSPS) is 14.3. The van der Waals surface area contributed by atoms with Crippen molar-refractivity contribution < 1.29 is 23.1 Å². The highest BCUT2D eigenvalue weighted by molar-refractivity contribution is 5.83. The first-order chi connectivity index (χ1) is 6.81. The molecule has 1 atom stereocenters. The van der Waals surface area contributed by atoms with Crippen molar-refractivity contribution in [2.75, 3.05) is 19.7 Å². The molecule has 0 aliphatic heterocycles. The number of hydrogen-bond acceptors (Lipinski definition) is 3. The second-order valence-corrected chi connectivity index (χ2v) is 3.31. The number of rotatable bonds is 6. The first-order valence-electron chi connectivity index (χ1n) is 4.76. The molecule has 0 bridgehead atoms. The number of Topliss-reactive ketones (excluding diaryl/α,β-unsaturated/α-hetero) is 1. The predicted octanol–water partition coefficient (Wildman–Crippen LogP) is 1.21. The lowest BCUT2D eigenvalue weighted by atomic mass is 10.1. The molecule has 0 fully saturated rings. The lowest BCUT2D eigenvalue weighted by molar-refractivity contribution is -0.154. The fraction of sp³-hybridized carbons (Fsp3) is 0.889. The Morgan fingerprint density at radius 2 is 2.00 bits per heavy atom. The lowest BCUT2D eigenvalue weighted by Crippen LogP contribution is -2.45. The summed E-state index contributed by atoms with van der Waals surface area (Å²) in [6.45, 7) is 1.32. The van der Waals surface area contributed by atoms with Crippen LogP contribution in [0.25, 0.3) is 0 Å². The van der Waals surface area contributed by atoms with Gasteiger partial charge >= 0.3 is 6.18 Å². The Balaban J connectivity index is 4.44. The van der Waals surface area contributed by atoms with Crippen LogP contribution < -0.4 is 0 Å². The molecule has 0 saturated carbocycles. The second kappa shape index (κ2) is 6.07. The molecule has 1 N–H and O–H groups in total. The molecule has 0 aromatic rings. The van der Waals surface area contributed by atoms with Gasteiger partial charge in [-0.2, -0.15) is 13.2 Å². The molecule has 0 aliphatic rings. The van der Waals surface area contributed by atoms with Crippen molar-refractivity contribution >= 4 is 5.78 Å². The molecular weight excluding hydrogens is 211 g/mol. The number of carbonyl (C=O) groups excluding carboxylic acids is 1. The van der Waals surface area contributed by atoms with Gasteiger partial charge in [0.25, 0.3) is 0 Å². The topological polar surface area (TPSA) is 40.5 Å². The summed E-state index contributed by atoms with van der Waals surface area (Å²) in [6.07, 6.45) is -4.15. The Bertz CT molecular complexity index is 206. The average molecular weight is 227 g/mol. The number of aliphatic hydroxyl groups excluding tert-OH is 1. The van der Waals surface area contributed by atoms with Crippen LogP contribution in [0.5, 0.6) is 0 Å². The van der Waals surface area contributed by atoms with Crippen molar-refractivity contribution in [2.45, 2.75) is 32.5 Å². The van der Waals surface area contributed by atoms with Crippen LogP contribution in [0.2, 0.25) is 0 Å². The summed E-state index contributed by atoms with van der Waals surface area (Å²) in [7, 11) is 0. The molecule has 0 spiro atoms. The summed E-state index contributed by atoms with van der Waals surface area (Å²) < 4.78 is 36.4. The maximum absolute atomic E-state index is 12.1. The minimum atomic E-state index is -4.35. The van der Waals surface area contributed by atoms with Gasteiger partial charge in [-0.15, -0.1) is 0 Å². The molecule has 0 radical (unpaired) electrons. The van der Waals surface area contributed by atoms with Crippen molar-refractivity contribution in [2.24, 2.45) is 0 Å². The third-order valence-corrected chi connectivity index (χ3v) is 2.13. The Morgan fingerprint density at radius 1 is 1.47 bits per heavy atom. The molecule has 15 heavy (non-hydrogen) atoms. The van der Waals surface area contributed by atoms with Crippen LogP contribution >= 0.6 is 0 Å². The van der Waals surface area contributed by atoms with E-state index in [1.54, 1.807) is 6.92 Å². The van der Waals surface area contributed by atoms with Crippen molar-refractivity contribution in [3.63, 3.8) is 0 Å². The number of nitrogens with zero attached hydrogens (tertiary/aromatic N) is 1. The van der Waals surface area contributed by atoms with Crippen molar-refractivity contribution in [3.8, 4) is 0 Å². The standard InChI is InChI=1S/C9H16F3NO2/c1-3-8(15)7(2)13(4-5-14)6-9(10,11)12/h7,14H,3-6H2,1-2H3. The largest absolute Gasteiger partial charge is 0.401 e. The molecule has 0 heterocycles. The number of aliphatic hydroxyl groups is 1. The molecule has 0 saturated heterocycles. The zero-order valence-electron chi connectivity index (χ0n) is 8.84. The summed E-state index contributed by atoms with van der Waals surface area (Å²) in [5.41, 5.74) is 0. The smallest absolute Gasteiger partial charge is 0.395 e. The van der Waals surface area contributed by atoms with Gasteiger partial charge in [-0.3, -0.25) is 9.69 Å². The fourth-order valence-electron chi connectivity index (χ4n) is 1.27. The van der Waals surface area contributed by atoms with Gasteiger partial charge in [0.1, 0.15) is 5.78 Å². The van der Waals surface area contributed by atoms with Crippen molar-refractivity contribution in [3.05, 3.63) is 0 Å². The first kappa shape index (κ1) is 14.4. The van der Waals surface area contributed by atoms with E-state index < -0.39 is 25.4 Å². The van der Waals surface area contributed by atoms with E-state index in [2.05, 4.69) is 0 Å². The van der Waals surface area contributed by atoms with Gasteiger partial charge in [0.2, 0.25) is 0 Å². The van der Waals surface area contributed by atoms with Crippen LogP contribution in [0.1, 0.15) is 20.3 Å². The fourth-order valence-corrected chi connectivity index (χ4v) is 1.27. The van der Waals surface area contributed by atoms with Crippen LogP contribution in [0, 0.1) is 0 Å². The van der Waals surface area contributed by atoms with E-state index in [-0.39, 0.29) is 18.7 Å². The zero-order valence-corrected chi connectivity index (χ0v) is 8.84. The van der Waals surface area contributed by atoms with E-state index in [0.717, 1.165) is 4.90 Å². The Hall–Kier alpha value is -0.620. The highest BCUT2D eigenvalue weighted by Crippen LogP contribution is 2.18. The molecular formula is C9H16F3NO2. The number of hydrogen-bond donors (Lipinski definition) is 1. The third kappa shape index (κ3) is 5.74. The van der Waals surface area contributed by atoms with E-state index >= 15 is 0 Å². The van der Waals surface area contributed by atoms with Crippen LogP contribution in [-0.4, -0.2) is 47.7 Å². The van der Waals surface area contributed by atoms with Crippen LogP contribution in [0.15, 0.2) is 0 Å². The number of alkyl halides is 3. The van der Waals surface area contributed by atoms with Gasteiger partial charge in [-0.25, -0.2) is 0 Å². The molecule has 6 heteroatoms. The maximum Gasteiger partial charge on any atom is 0.401 e. The monoisotopic (exact) mass is 227 g/mol. The van der Waals surface area contributed by atoms with Gasteiger partial charge in [0.15, 0.2) is 0 Å².